The molecule has 0 amide bonds. The van der Waals surface area contributed by atoms with Gasteiger partial charge in [0, 0.05) is 11.0 Å². The van der Waals surface area contributed by atoms with Gasteiger partial charge in [0.05, 0.1) is 0 Å². The lowest BCUT2D eigenvalue weighted by Crippen LogP contribution is -2.21. The maximum atomic E-state index is 13.1. The van der Waals surface area contributed by atoms with Gasteiger partial charge in [0.15, 0.2) is 0 Å². The maximum Gasteiger partial charge on any atom is 0.124 e. The molecule has 1 nitrogen and oxygen atoms in total. The minimum Gasteiger partial charge on any atom is -0.313 e. The van der Waals surface area contributed by atoms with Crippen LogP contribution in [0.3, 0.4) is 0 Å². The first-order valence-corrected chi connectivity index (χ1v) is 6.69. The molecule has 0 atom stereocenters. The van der Waals surface area contributed by atoms with Crippen molar-refractivity contribution in [2.24, 2.45) is 5.92 Å². The minimum atomic E-state index is -0.176. The van der Waals surface area contributed by atoms with Crippen molar-refractivity contribution in [1.82, 2.24) is 5.32 Å². The number of hydrogen-bond donors (Lipinski definition) is 1. The number of rotatable bonds is 5. The van der Waals surface area contributed by atoms with Gasteiger partial charge in [0.25, 0.3) is 0 Å². The van der Waals surface area contributed by atoms with Crippen molar-refractivity contribution in [2.75, 3.05) is 6.54 Å². The van der Waals surface area contributed by atoms with Crippen LogP contribution in [0.25, 0.3) is 0 Å². The van der Waals surface area contributed by atoms with Gasteiger partial charge in [-0.15, -0.1) is 0 Å². The third kappa shape index (κ3) is 3.56. The van der Waals surface area contributed by atoms with Crippen LogP contribution in [0.5, 0.6) is 0 Å². The van der Waals surface area contributed by atoms with Crippen molar-refractivity contribution in [3.8, 4) is 0 Å². The molecule has 0 saturated heterocycles. The largest absolute Gasteiger partial charge is 0.313 e. The maximum absolute atomic E-state index is 13.1. The van der Waals surface area contributed by atoms with E-state index < -0.39 is 0 Å². The summed E-state index contributed by atoms with van der Waals surface area (Å²) in [5.41, 5.74) is 1.00. The van der Waals surface area contributed by atoms with Crippen molar-refractivity contribution >= 4 is 15.9 Å². The summed E-state index contributed by atoms with van der Waals surface area (Å²) in [6.45, 7) is 1.79. The zero-order chi connectivity index (χ0) is 11.4. The van der Waals surface area contributed by atoms with Crippen LogP contribution >= 0.6 is 15.9 Å². The van der Waals surface area contributed by atoms with Crippen molar-refractivity contribution in [3.05, 3.63) is 34.1 Å². The van der Waals surface area contributed by atoms with Crippen LogP contribution < -0.4 is 5.32 Å². The molecule has 0 aliphatic heterocycles. The molecular weight excluding hydrogens is 269 g/mol. The second-order valence-corrected chi connectivity index (χ2v) is 5.46. The highest BCUT2D eigenvalue weighted by atomic mass is 79.9. The van der Waals surface area contributed by atoms with Crippen LogP contribution in [0, 0.1) is 11.7 Å². The van der Waals surface area contributed by atoms with Crippen LogP contribution in [0.4, 0.5) is 4.39 Å². The summed E-state index contributed by atoms with van der Waals surface area (Å²) in [7, 11) is 0. The van der Waals surface area contributed by atoms with E-state index in [1.54, 1.807) is 6.07 Å². The topological polar surface area (TPSA) is 12.0 Å². The molecule has 1 N–H and O–H groups in total. The van der Waals surface area contributed by atoms with E-state index in [0.717, 1.165) is 29.0 Å². The smallest absolute Gasteiger partial charge is 0.124 e. The van der Waals surface area contributed by atoms with Gasteiger partial charge in [-0.3, -0.25) is 0 Å². The van der Waals surface area contributed by atoms with E-state index in [4.69, 9.17) is 0 Å². The molecule has 1 saturated carbocycles. The molecule has 1 aromatic rings. The predicted molar refractivity (Wildman–Crippen MR) is 67.8 cm³/mol. The van der Waals surface area contributed by atoms with Crippen LogP contribution in [-0.2, 0) is 6.54 Å². The summed E-state index contributed by atoms with van der Waals surface area (Å²) in [5.74, 6) is 0.761. The molecule has 0 aromatic heterocycles. The highest BCUT2D eigenvalue weighted by Gasteiger charge is 2.16. The van der Waals surface area contributed by atoms with E-state index in [1.807, 2.05) is 6.07 Å². The monoisotopic (exact) mass is 285 g/mol. The molecule has 1 aliphatic carbocycles. The van der Waals surface area contributed by atoms with Gasteiger partial charge < -0.3 is 5.32 Å². The number of hydrogen-bond acceptors (Lipinski definition) is 1. The Balaban J connectivity index is 1.71. The normalized spacial score (nSPS) is 16.1. The number of nitrogens with one attached hydrogen (secondary N) is 1. The Morgan fingerprint density at radius 1 is 1.31 bits per heavy atom. The zero-order valence-corrected chi connectivity index (χ0v) is 10.9. The average Bonchev–Trinajstić information content (AvgIpc) is 2.13. The molecule has 1 aliphatic rings. The number of halogens is 2. The van der Waals surface area contributed by atoms with E-state index in [2.05, 4.69) is 21.2 Å². The van der Waals surface area contributed by atoms with Gasteiger partial charge in [0.1, 0.15) is 5.82 Å². The molecule has 0 bridgehead atoms. The van der Waals surface area contributed by atoms with Gasteiger partial charge in [-0.05, 0) is 42.6 Å². The van der Waals surface area contributed by atoms with Crippen LogP contribution in [-0.4, -0.2) is 6.54 Å². The summed E-state index contributed by atoms with van der Waals surface area (Å²) in [6, 6.07) is 5.03. The molecular formula is C13H17BrFN. The fraction of sp³-hybridized carbons (Fsp3) is 0.538. The molecule has 2 rings (SSSR count). The molecule has 0 unspecified atom stereocenters. The first-order chi connectivity index (χ1) is 7.74. The van der Waals surface area contributed by atoms with Crippen molar-refractivity contribution in [3.63, 3.8) is 0 Å². The molecule has 3 heteroatoms. The molecule has 0 radical (unpaired) electrons. The Hall–Kier alpha value is -0.410. The Morgan fingerprint density at radius 2 is 2.12 bits per heavy atom. The van der Waals surface area contributed by atoms with Gasteiger partial charge >= 0.3 is 0 Å². The number of benzene rings is 1. The SMILES string of the molecule is Fc1cc(Br)cc(CNCCC2CCC2)c1. The Labute approximate surface area is 105 Å². The van der Waals surface area contributed by atoms with Gasteiger partial charge in [-0.2, -0.15) is 0 Å². The molecule has 0 heterocycles. The van der Waals surface area contributed by atoms with Crippen molar-refractivity contribution in [1.29, 1.82) is 0 Å². The van der Waals surface area contributed by atoms with Crippen LogP contribution in [0.1, 0.15) is 31.2 Å². The fourth-order valence-corrected chi connectivity index (χ4v) is 2.55. The molecule has 16 heavy (non-hydrogen) atoms. The van der Waals surface area contributed by atoms with E-state index in [9.17, 15) is 4.39 Å². The Kier molecular flexibility index (Phi) is 4.36. The second-order valence-electron chi connectivity index (χ2n) is 4.54. The Bertz CT molecular complexity index is 330. The highest BCUT2D eigenvalue weighted by Crippen LogP contribution is 2.28. The van der Waals surface area contributed by atoms with Gasteiger partial charge in [0.2, 0.25) is 0 Å². The van der Waals surface area contributed by atoms with E-state index >= 15 is 0 Å². The van der Waals surface area contributed by atoms with Crippen LogP contribution in [0.15, 0.2) is 22.7 Å². The summed E-state index contributed by atoms with van der Waals surface area (Å²) in [6.07, 6.45) is 5.46. The third-order valence-corrected chi connectivity index (χ3v) is 3.66. The fourth-order valence-electron chi connectivity index (χ4n) is 2.03. The molecule has 1 aromatic carbocycles. The lowest BCUT2D eigenvalue weighted by Gasteiger charge is -2.25. The van der Waals surface area contributed by atoms with Crippen molar-refractivity contribution in [2.45, 2.75) is 32.2 Å². The zero-order valence-electron chi connectivity index (χ0n) is 9.31. The van der Waals surface area contributed by atoms with Crippen LogP contribution in [0.2, 0.25) is 0 Å². The van der Waals surface area contributed by atoms with Crippen molar-refractivity contribution < 1.29 is 4.39 Å². The first-order valence-electron chi connectivity index (χ1n) is 5.90. The minimum absolute atomic E-state index is 0.176. The summed E-state index contributed by atoms with van der Waals surface area (Å²) in [4.78, 5) is 0. The summed E-state index contributed by atoms with van der Waals surface area (Å²) >= 11 is 3.30. The summed E-state index contributed by atoms with van der Waals surface area (Å²) < 4.78 is 13.9. The van der Waals surface area contributed by atoms with E-state index in [1.165, 1.54) is 31.7 Å². The highest BCUT2D eigenvalue weighted by molar-refractivity contribution is 9.10. The van der Waals surface area contributed by atoms with Gasteiger partial charge in [-0.1, -0.05) is 35.2 Å². The Morgan fingerprint density at radius 3 is 2.75 bits per heavy atom. The molecule has 0 spiro atoms. The third-order valence-electron chi connectivity index (χ3n) is 3.21. The lowest BCUT2D eigenvalue weighted by molar-refractivity contribution is 0.292. The average molecular weight is 286 g/mol. The molecule has 88 valence electrons. The quantitative estimate of drug-likeness (QED) is 0.810. The lowest BCUT2D eigenvalue weighted by atomic mass is 9.83. The van der Waals surface area contributed by atoms with Gasteiger partial charge in [-0.25, -0.2) is 4.39 Å². The predicted octanol–water partition coefficient (Wildman–Crippen LogP) is 3.87. The van der Waals surface area contributed by atoms with E-state index in [0.29, 0.717) is 0 Å². The van der Waals surface area contributed by atoms with E-state index in [-0.39, 0.29) is 5.82 Å². The summed E-state index contributed by atoms with van der Waals surface area (Å²) in [5, 5.41) is 3.37. The standard InChI is InChI=1S/C13H17BrFN/c14-12-6-11(7-13(15)8-12)9-16-5-4-10-2-1-3-10/h6-8,10,16H,1-5,9H2. The second kappa shape index (κ2) is 5.78. The first kappa shape index (κ1) is 12.1. The molecule has 1 fully saturated rings.